The van der Waals surface area contributed by atoms with E-state index in [1.807, 2.05) is 13.8 Å². The van der Waals surface area contributed by atoms with E-state index >= 15 is 0 Å². The van der Waals surface area contributed by atoms with Crippen molar-refractivity contribution in [2.45, 2.75) is 31.2 Å². The number of carbonyl (C=O) groups is 2. The highest BCUT2D eigenvalue weighted by molar-refractivity contribution is 9.10. The van der Waals surface area contributed by atoms with Gasteiger partial charge in [-0.3, -0.25) is 9.00 Å². The molecule has 0 aliphatic carbocycles. The number of hydrogen-bond donors (Lipinski definition) is 2. The second kappa shape index (κ2) is 7.54. The third-order valence-corrected chi connectivity index (χ3v) is 4.55. The molecule has 20 heavy (non-hydrogen) atoms. The average Bonchev–Trinajstić information content (AvgIpc) is 2.37. The Hall–Kier alpha value is -1.21. The molecule has 7 heteroatoms. The zero-order chi connectivity index (χ0) is 15.3. The predicted octanol–water partition coefficient (Wildman–Crippen LogP) is 2.17. The maximum atomic E-state index is 12.2. The lowest BCUT2D eigenvalue weighted by molar-refractivity contribution is -0.119. The summed E-state index contributed by atoms with van der Waals surface area (Å²) in [7, 11) is -1.70. The highest BCUT2D eigenvalue weighted by atomic mass is 79.9. The molecule has 0 spiro atoms. The topological polar surface area (TPSA) is 83.5 Å². The largest absolute Gasteiger partial charge is 0.478 e. The quantitative estimate of drug-likeness (QED) is 0.813. The van der Waals surface area contributed by atoms with Gasteiger partial charge >= 0.3 is 5.97 Å². The Balaban J connectivity index is 2.89. The molecule has 0 aromatic heterocycles. The van der Waals surface area contributed by atoms with E-state index in [-0.39, 0.29) is 28.2 Å². The number of carboxylic acid groups (broad SMARTS) is 1. The van der Waals surface area contributed by atoms with Crippen LogP contribution in [0.5, 0.6) is 0 Å². The maximum absolute atomic E-state index is 12.2. The Bertz CT molecular complexity index is 547. The lowest BCUT2D eigenvalue weighted by Crippen LogP contribution is -2.35. The van der Waals surface area contributed by atoms with E-state index in [1.165, 1.54) is 12.1 Å². The second-order valence-corrected chi connectivity index (χ2v) is 6.65. The van der Waals surface area contributed by atoms with Crippen molar-refractivity contribution in [3.8, 4) is 0 Å². The van der Waals surface area contributed by atoms with Gasteiger partial charge in [0, 0.05) is 10.5 Å². The van der Waals surface area contributed by atoms with E-state index in [2.05, 4.69) is 21.2 Å². The fraction of sp³-hybridized carbons (Fsp3) is 0.385. The monoisotopic (exact) mass is 361 g/mol. The number of benzene rings is 1. The summed E-state index contributed by atoms with van der Waals surface area (Å²) in [6.45, 7) is 3.78. The zero-order valence-corrected chi connectivity index (χ0v) is 13.6. The van der Waals surface area contributed by atoms with Crippen molar-refractivity contribution in [3.63, 3.8) is 0 Å². The van der Waals surface area contributed by atoms with Crippen LogP contribution in [0.4, 0.5) is 0 Å². The molecule has 0 aliphatic rings. The third-order valence-electron chi connectivity index (χ3n) is 2.70. The molecule has 2 N–H and O–H groups in total. The fourth-order valence-corrected chi connectivity index (χ4v) is 3.13. The molecule has 2 atom stereocenters. The molecule has 1 aromatic rings. The first-order valence-corrected chi connectivity index (χ1v) is 8.17. The van der Waals surface area contributed by atoms with Crippen molar-refractivity contribution in [1.29, 1.82) is 0 Å². The minimum atomic E-state index is -1.70. The summed E-state index contributed by atoms with van der Waals surface area (Å²) in [6, 6.07) is 4.40. The Kier molecular flexibility index (Phi) is 6.35. The van der Waals surface area contributed by atoms with Crippen LogP contribution < -0.4 is 5.32 Å². The van der Waals surface area contributed by atoms with Gasteiger partial charge in [-0.25, -0.2) is 4.79 Å². The standard InChI is InChI=1S/C13H16BrNO4S/c1-3-8(2)15-12(16)7-20(19)11-6-9(14)4-5-10(11)13(17)18/h4-6,8H,3,7H2,1-2H3,(H,15,16)(H,17,18). The van der Waals surface area contributed by atoms with Crippen LogP contribution in [0.2, 0.25) is 0 Å². The van der Waals surface area contributed by atoms with Gasteiger partial charge in [0.1, 0.15) is 5.75 Å². The first kappa shape index (κ1) is 16.8. The van der Waals surface area contributed by atoms with Crippen molar-refractivity contribution in [2.75, 3.05) is 5.75 Å². The van der Waals surface area contributed by atoms with Crippen molar-refractivity contribution in [3.05, 3.63) is 28.2 Å². The number of carboxylic acids is 1. The van der Waals surface area contributed by atoms with Crippen molar-refractivity contribution < 1.29 is 18.9 Å². The molecule has 1 aromatic carbocycles. The maximum Gasteiger partial charge on any atom is 0.336 e. The highest BCUT2D eigenvalue weighted by Gasteiger charge is 2.18. The highest BCUT2D eigenvalue weighted by Crippen LogP contribution is 2.20. The minimum absolute atomic E-state index is 0.000883. The Morgan fingerprint density at radius 2 is 2.10 bits per heavy atom. The van der Waals surface area contributed by atoms with Crippen LogP contribution in [-0.2, 0) is 15.6 Å². The molecule has 5 nitrogen and oxygen atoms in total. The molecule has 0 radical (unpaired) electrons. The van der Waals surface area contributed by atoms with E-state index in [4.69, 9.17) is 5.11 Å². The normalized spacial score (nSPS) is 13.6. The molecule has 0 heterocycles. The molecule has 0 saturated carbocycles. The summed E-state index contributed by atoms with van der Waals surface area (Å²) in [4.78, 5) is 22.9. The molecule has 2 unspecified atom stereocenters. The van der Waals surface area contributed by atoms with Crippen LogP contribution in [-0.4, -0.2) is 33.0 Å². The summed E-state index contributed by atoms with van der Waals surface area (Å²) in [5.74, 6) is -1.77. The summed E-state index contributed by atoms with van der Waals surface area (Å²) >= 11 is 3.20. The zero-order valence-electron chi connectivity index (χ0n) is 11.2. The first-order chi connectivity index (χ1) is 9.35. The van der Waals surface area contributed by atoms with E-state index < -0.39 is 16.8 Å². The number of rotatable bonds is 6. The van der Waals surface area contributed by atoms with Gasteiger partial charge in [-0.1, -0.05) is 22.9 Å². The molecule has 110 valence electrons. The van der Waals surface area contributed by atoms with E-state index in [1.54, 1.807) is 6.07 Å². The summed E-state index contributed by atoms with van der Waals surface area (Å²) in [5, 5.41) is 11.8. The lowest BCUT2D eigenvalue weighted by atomic mass is 10.2. The molecule has 0 bridgehead atoms. The van der Waals surface area contributed by atoms with E-state index in [9.17, 15) is 13.8 Å². The van der Waals surface area contributed by atoms with Crippen LogP contribution in [0.1, 0.15) is 30.6 Å². The minimum Gasteiger partial charge on any atom is -0.478 e. The van der Waals surface area contributed by atoms with Crippen LogP contribution in [0.15, 0.2) is 27.6 Å². The van der Waals surface area contributed by atoms with Crippen molar-refractivity contribution >= 4 is 38.6 Å². The summed E-state index contributed by atoms with van der Waals surface area (Å²) in [5.41, 5.74) is -0.0529. The van der Waals surface area contributed by atoms with Gasteiger partial charge < -0.3 is 10.4 Å². The predicted molar refractivity (Wildman–Crippen MR) is 80.3 cm³/mol. The van der Waals surface area contributed by atoms with Crippen LogP contribution in [0.25, 0.3) is 0 Å². The van der Waals surface area contributed by atoms with Gasteiger partial charge in [-0.15, -0.1) is 0 Å². The Morgan fingerprint density at radius 1 is 1.45 bits per heavy atom. The Labute approximate surface area is 128 Å². The van der Waals surface area contributed by atoms with Gasteiger partial charge in [0.05, 0.1) is 21.3 Å². The molecule has 1 rings (SSSR count). The SMILES string of the molecule is CCC(C)NC(=O)CS(=O)c1cc(Br)ccc1C(=O)O. The molecule has 0 fully saturated rings. The average molecular weight is 362 g/mol. The molecule has 0 aliphatic heterocycles. The van der Waals surface area contributed by atoms with Crippen LogP contribution >= 0.6 is 15.9 Å². The number of hydrogen-bond acceptors (Lipinski definition) is 3. The number of aromatic carboxylic acids is 1. The van der Waals surface area contributed by atoms with Gasteiger partial charge in [-0.05, 0) is 31.5 Å². The summed E-state index contributed by atoms with van der Waals surface area (Å²) < 4.78 is 12.8. The molecule has 1 amide bonds. The third kappa shape index (κ3) is 4.72. The van der Waals surface area contributed by atoms with Gasteiger partial charge in [0.2, 0.25) is 5.91 Å². The van der Waals surface area contributed by atoms with Crippen molar-refractivity contribution in [1.82, 2.24) is 5.32 Å². The van der Waals surface area contributed by atoms with Gasteiger partial charge in [-0.2, -0.15) is 0 Å². The number of carbonyl (C=O) groups excluding carboxylic acids is 1. The number of nitrogens with one attached hydrogen (secondary N) is 1. The summed E-state index contributed by atoms with van der Waals surface area (Å²) in [6.07, 6.45) is 0.773. The van der Waals surface area contributed by atoms with E-state index in [0.29, 0.717) is 4.47 Å². The molecular formula is C13H16BrNO4S. The van der Waals surface area contributed by atoms with Gasteiger partial charge in [0.15, 0.2) is 0 Å². The fourth-order valence-electron chi connectivity index (χ4n) is 1.48. The lowest BCUT2D eigenvalue weighted by Gasteiger charge is -2.12. The van der Waals surface area contributed by atoms with Gasteiger partial charge in [0.25, 0.3) is 0 Å². The first-order valence-electron chi connectivity index (χ1n) is 6.05. The van der Waals surface area contributed by atoms with Crippen LogP contribution in [0, 0.1) is 0 Å². The smallest absolute Gasteiger partial charge is 0.336 e. The van der Waals surface area contributed by atoms with Crippen molar-refractivity contribution in [2.24, 2.45) is 0 Å². The van der Waals surface area contributed by atoms with E-state index in [0.717, 1.165) is 6.42 Å². The Morgan fingerprint density at radius 3 is 2.65 bits per heavy atom. The number of halogens is 1. The number of amides is 1. The molecular weight excluding hydrogens is 346 g/mol. The van der Waals surface area contributed by atoms with Crippen LogP contribution in [0.3, 0.4) is 0 Å². The second-order valence-electron chi connectivity index (χ2n) is 4.31. The molecule has 0 saturated heterocycles.